The van der Waals surface area contributed by atoms with Crippen molar-refractivity contribution in [3.8, 4) is 0 Å². The molecule has 1 unspecified atom stereocenters. The van der Waals surface area contributed by atoms with Crippen LogP contribution >= 0.6 is 11.3 Å². The van der Waals surface area contributed by atoms with Gasteiger partial charge in [-0.2, -0.15) is 4.31 Å². The number of para-hydroxylation sites is 1. The smallest absolute Gasteiger partial charge is 0.252 e. The minimum absolute atomic E-state index is 0.0916. The molecule has 0 radical (unpaired) electrons. The predicted molar refractivity (Wildman–Crippen MR) is 119 cm³/mol. The molecule has 1 aromatic carbocycles. The number of nitrogens with zero attached hydrogens (tertiary/aromatic N) is 1. The van der Waals surface area contributed by atoms with Gasteiger partial charge in [-0.05, 0) is 47.3 Å². The fraction of sp³-hybridized carbons (Fsp3) is 0.500. The number of sulfonamides is 1. The molecule has 3 rings (SSSR count). The van der Waals surface area contributed by atoms with Gasteiger partial charge in [0.1, 0.15) is 4.21 Å². The lowest BCUT2D eigenvalue weighted by molar-refractivity contribution is -0.120. The predicted octanol–water partition coefficient (Wildman–Crippen LogP) is 5.03. The molecule has 2 heterocycles. The molecule has 1 N–H and O–H groups in total. The quantitative estimate of drug-likeness (QED) is 0.693. The Bertz CT molecular complexity index is 924. The molecule has 1 fully saturated rings. The molecule has 1 aliphatic rings. The van der Waals surface area contributed by atoms with E-state index in [1.165, 1.54) is 15.6 Å². The molecule has 1 aliphatic heterocycles. The zero-order valence-corrected chi connectivity index (χ0v) is 19.1. The van der Waals surface area contributed by atoms with Gasteiger partial charge in [-0.15, -0.1) is 11.3 Å². The molecule has 5 nitrogen and oxygen atoms in total. The number of thiophene rings is 1. The van der Waals surface area contributed by atoms with Gasteiger partial charge < -0.3 is 5.32 Å². The molecule has 0 aliphatic carbocycles. The molecule has 1 aromatic heterocycles. The Morgan fingerprint density at radius 2 is 1.76 bits per heavy atom. The van der Waals surface area contributed by atoms with Crippen molar-refractivity contribution in [1.29, 1.82) is 0 Å². The summed E-state index contributed by atoms with van der Waals surface area (Å²) in [6, 6.07) is 9.51. The van der Waals surface area contributed by atoms with Crippen molar-refractivity contribution in [2.75, 3.05) is 18.4 Å². The summed E-state index contributed by atoms with van der Waals surface area (Å²) in [7, 11) is -3.53. The number of hydrogen-bond acceptors (Lipinski definition) is 4. The summed E-state index contributed by atoms with van der Waals surface area (Å²) in [5, 5.41) is 4.92. The first-order valence-corrected chi connectivity index (χ1v) is 12.5. The topological polar surface area (TPSA) is 66.5 Å². The van der Waals surface area contributed by atoms with E-state index in [0.29, 0.717) is 23.6 Å². The van der Waals surface area contributed by atoms with Crippen LogP contribution in [0.15, 0.2) is 39.9 Å². The molecule has 1 saturated heterocycles. The van der Waals surface area contributed by atoms with Gasteiger partial charge in [0.25, 0.3) is 10.0 Å². The third-order valence-corrected chi connectivity index (χ3v) is 8.70. The summed E-state index contributed by atoms with van der Waals surface area (Å²) in [6.45, 7) is 9.16. The summed E-state index contributed by atoms with van der Waals surface area (Å²) >= 11 is 1.22. The second-order valence-corrected chi connectivity index (χ2v) is 11.4. The van der Waals surface area contributed by atoms with E-state index in [2.05, 4.69) is 45.1 Å². The maximum Gasteiger partial charge on any atom is 0.252 e. The number of nitrogens with one attached hydrogen (secondary N) is 1. The first kappa shape index (κ1) is 22.0. The van der Waals surface area contributed by atoms with Gasteiger partial charge in [0.15, 0.2) is 0 Å². The number of carbonyl (C=O) groups is 1. The number of hydrogen-bond donors (Lipinski definition) is 1. The molecule has 1 atom stereocenters. The van der Waals surface area contributed by atoms with Gasteiger partial charge in [-0.1, -0.05) is 52.0 Å². The Balaban J connectivity index is 1.81. The molecule has 29 heavy (non-hydrogen) atoms. The van der Waals surface area contributed by atoms with Crippen LogP contribution in [0.2, 0.25) is 0 Å². The molecule has 1 amide bonds. The zero-order chi connectivity index (χ0) is 21.2. The Morgan fingerprint density at radius 1 is 1.10 bits per heavy atom. The third-order valence-electron chi connectivity index (χ3n) is 5.47. The van der Waals surface area contributed by atoms with Crippen molar-refractivity contribution in [3.63, 3.8) is 0 Å². The largest absolute Gasteiger partial charge is 0.325 e. The number of carbonyl (C=O) groups excluding carboxylic acids is 1. The molecule has 2 aromatic rings. The van der Waals surface area contributed by atoms with Crippen LogP contribution in [0, 0.1) is 5.92 Å². The van der Waals surface area contributed by atoms with E-state index < -0.39 is 10.0 Å². The number of anilines is 1. The van der Waals surface area contributed by atoms with Crippen molar-refractivity contribution in [1.82, 2.24) is 4.31 Å². The molecule has 158 valence electrons. The van der Waals surface area contributed by atoms with Crippen LogP contribution < -0.4 is 5.32 Å². The van der Waals surface area contributed by atoms with E-state index in [4.69, 9.17) is 0 Å². The first-order chi connectivity index (χ1) is 13.7. The third kappa shape index (κ3) is 4.73. The van der Waals surface area contributed by atoms with Crippen molar-refractivity contribution in [2.45, 2.75) is 56.6 Å². The lowest BCUT2D eigenvalue weighted by Gasteiger charge is -2.31. The van der Waals surface area contributed by atoms with Crippen molar-refractivity contribution < 1.29 is 13.2 Å². The summed E-state index contributed by atoms with van der Waals surface area (Å²) in [5.74, 6) is 0.127. The van der Waals surface area contributed by atoms with Crippen molar-refractivity contribution >= 4 is 33.0 Å². The molecule has 0 bridgehead atoms. The van der Waals surface area contributed by atoms with Crippen LogP contribution in [0.4, 0.5) is 5.69 Å². The normalized spacial score (nSPS) is 18.3. The van der Waals surface area contributed by atoms with Crippen LogP contribution in [0.25, 0.3) is 0 Å². The SMILES string of the molecule is CC(C)c1cccc(C(C)C)c1NC(=O)C1CCCN(S(=O)(=O)c2cccs2)C1. The minimum atomic E-state index is -3.53. The molecular weight excluding hydrogens is 404 g/mol. The maximum absolute atomic E-state index is 13.1. The van der Waals surface area contributed by atoms with Crippen LogP contribution in [-0.4, -0.2) is 31.7 Å². The number of benzene rings is 1. The van der Waals surface area contributed by atoms with Gasteiger partial charge in [0, 0.05) is 18.8 Å². The second-order valence-electron chi connectivity index (χ2n) is 8.24. The Morgan fingerprint density at radius 3 is 2.31 bits per heavy atom. The van der Waals surface area contributed by atoms with Gasteiger partial charge >= 0.3 is 0 Å². The van der Waals surface area contributed by atoms with E-state index >= 15 is 0 Å². The lowest BCUT2D eigenvalue weighted by Crippen LogP contribution is -2.43. The maximum atomic E-state index is 13.1. The highest BCUT2D eigenvalue weighted by atomic mass is 32.2. The summed E-state index contributed by atoms with van der Waals surface area (Å²) in [4.78, 5) is 13.1. The fourth-order valence-corrected chi connectivity index (χ4v) is 6.50. The monoisotopic (exact) mass is 434 g/mol. The average molecular weight is 435 g/mol. The molecular formula is C22H30N2O3S2. The zero-order valence-electron chi connectivity index (χ0n) is 17.5. The van der Waals surface area contributed by atoms with Gasteiger partial charge in [0.05, 0.1) is 5.92 Å². The van der Waals surface area contributed by atoms with Crippen LogP contribution in [0.3, 0.4) is 0 Å². The Hall–Kier alpha value is -1.70. The molecule has 0 saturated carbocycles. The van der Waals surface area contributed by atoms with E-state index in [0.717, 1.165) is 16.8 Å². The first-order valence-electron chi connectivity index (χ1n) is 10.2. The van der Waals surface area contributed by atoms with Crippen LogP contribution in [-0.2, 0) is 14.8 Å². The van der Waals surface area contributed by atoms with Gasteiger partial charge in [0.2, 0.25) is 5.91 Å². The summed E-state index contributed by atoms with van der Waals surface area (Å²) in [5.41, 5.74) is 3.12. The van der Waals surface area contributed by atoms with E-state index in [1.54, 1.807) is 17.5 Å². The summed E-state index contributed by atoms with van der Waals surface area (Å²) < 4.78 is 27.5. The van der Waals surface area contributed by atoms with Crippen molar-refractivity contribution in [2.24, 2.45) is 5.92 Å². The standard InChI is InChI=1S/C22H30N2O3S2/c1-15(2)18-9-5-10-19(16(3)4)21(18)23-22(25)17-8-6-12-24(14-17)29(26,27)20-11-7-13-28-20/h5,7,9-11,13,15-17H,6,8,12,14H2,1-4H3,(H,23,25). The molecule has 0 spiro atoms. The van der Waals surface area contributed by atoms with E-state index in [-0.39, 0.29) is 30.2 Å². The number of rotatable bonds is 6. The van der Waals surface area contributed by atoms with Gasteiger partial charge in [-0.3, -0.25) is 4.79 Å². The van der Waals surface area contributed by atoms with Crippen LogP contribution in [0.1, 0.15) is 63.5 Å². The lowest BCUT2D eigenvalue weighted by atomic mass is 9.91. The fourth-order valence-electron chi connectivity index (χ4n) is 3.83. The highest BCUT2D eigenvalue weighted by molar-refractivity contribution is 7.91. The van der Waals surface area contributed by atoms with E-state index in [1.807, 2.05) is 6.07 Å². The Labute approximate surface area is 178 Å². The Kier molecular flexibility index (Phi) is 6.81. The molecule has 7 heteroatoms. The van der Waals surface area contributed by atoms with Gasteiger partial charge in [-0.25, -0.2) is 8.42 Å². The van der Waals surface area contributed by atoms with Crippen molar-refractivity contribution in [3.05, 3.63) is 46.8 Å². The second kappa shape index (κ2) is 8.98. The summed E-state index contributed by atoms with van der Waals surface area (Å²) in [6.07, 6.45) is 1.38. The average Bonchev–Trinajstić information content (AvgIpc) is 3.23. The number of amides is 1. The van der Waals surface area contributed by atoms with E-state index in [9.17, 15) is 13.2 Å². The van der Waals surface area contributed by atoms with Crippen LogP contribution in [0.5, 0.6) is 0 Å². The highest BCUT2D eigenvalue weighted by Crippen LogP contribution is 2.33. The number of piperidine rings is 1. The minimum Gasteiger partial charge on any atom is -0.325 e. The highest BCUT2D eigenvalue weighted by Gasteiger charge is 2.34.